The predicted molar refractivity (Wildman–Crippen MR) is 106 cm³/mol. The molecule has 1 aromatic rings. The van der Waals surface area contributed by atoms with E-state index in [9.17, 15) is 14.4 Å². The Morgan fingerprint density at radius 2 is 1.93 bits per heavy atom. The molecule has 2 atom stereocenters. The summed E-state index contributed by atoms with van der Waals surface area (Å²) in [6.45, 7) is 3.97. The van der Waals surface area contributed by atoms with Gasteiger partial charge in [-0.15, -0.1) is 0 Å². The van der Waals surface area contributed by atoms with Crippen molar-refractivity contribution in [3.05, 3.63) is 35.4 Å². The maximum atomic E-state index is 13.5. The zero-order valence-electron chi connectivity index (χ0n) is 17.0. The van der Waals surface area contributed by atoms with Gasteiger partial charge in [-0.3, -0.25) is 14.4 Å². The number of ether oxygens (including phenoxy) is 1. The molecule has 1 aliphatic heterocycles. The zero-order chi connectivity index (χ0) is 20.3. The summed E-state index contributed by atoms with van der Waals surface area (Å²) in [5.41, 5.74) is 0.827. The van der Waals surface area contributed by atoms with Crippen LogP contribution in [0.5, 0.6) is 0 Å². The van der Waals surface area contributed by atoms with E-state index in [1.54, 1.807) is 0 Å². The van der Waals surface area contributed by atoms with E-state index < -0.39 is 17.4 Å². The zero-order valence-corrected chi connectivity index (χ0v) is 17.0. The summed E-state index contributed by atoms with van der Waals surface area (Å²) < 4.78 is 4.67. The number of esters is 1. The van der Waals surface area contributed by atoms with Crippen LogP contribution in [0.3, 0.4) is 0 Å². The van der Waals surface area contributed by atoms with Crippen molar-refractivity contribution in [1.29, 1.82) is 0 Å². The van der Waals surface area contributed by atoms with Crippen LogP contribution in [0.4, 0.5) is 0 Å². The number of hydrogen-bond acceptors (Lipinski definition) is 4. The van der Waals surface area contributed by atoms with Gasteiger partial charge in [-0.25, -0.2) is 0 Å². The van der Waals surface area contributed by atoms with E-state index in [1.165, 1.54) is 7.11 Å². The molecular formula is C22H30N2O4. The monoisotopic (exact) mass is 386 g/mol. The van der Waals surface area contributed by atoms with Gasteiger partial charge in [0.05, 0.1) is 18.6 Å². The number of methoxy groups -OCH3 is 1. The van der Waals surface area contributed by atoms with Gasteiger partial charge < -0.3 is 15.0 Å². The third-order valence-electron chi connectivity index (χ3n) is 6.39. The van der Waals surface area contributed by atoms with Crippen molar-refractivity contribution in [3.8, 4) is 0 Å². The molecule has 28 heavy (non-hydrogen) atoms. The number of carbonyl (C=O) groups is 3. The van der Waals surface area contributed by atoms with E-state index in [0.717, 1.165) is 44.1 Å². The third-order valence-corrected chi connectivity index (χ3v) is 6.39. The van der Waals surface area contributed by atoms with Gasteiger partial charge in [0.2, 0.25) is 5.91 Å². The molecule has 1 aromatic carbocycles. The van der Waals surface area contributed by atoms with Crippen LogP contribution in [0.15, 0.2) is 24.3 Å². The van der Waals surface area contributed by atoms with E-state index in [0.29, 0.717) is 5.56 Å². The van der Waals surface area contributed by atoms with Gasteiger partial charge in [0, 0.05) is 11.6 Å². The van der Waals surface area contributed by atoms with Crippen LogP contribution in [0.1, 0.15) is 74.2 Å². The summed E-state index contributed by atoms with van der Waals surface area (Å²) in [6, 6.07) is 7.45. The Bertz CT molecular complexity index is 755. The summed E-state index contributed by atoms with van der Waals surface area (Å²) in [5.74, 6) is -1.16. The van der Waals surface area contributed by atoms with Crippen LogP contribution in [0.2, 0.25) is 0 Å². The van der Waals surface area contributed by atoms with E-state index in [2.05, 4.69) is 23.9 Å². The Labute approximate surface area is 166 Å². The molecule has 1 spiro atoms. The second kappa shape index (κ2) is 8.33. The molecule has 6 heteroatoms. The molecule has 2 aliphatic rings. The van der Waals surface area contributed by atoms with Crippen LogP contribution in [0, 0.1) is 0 Å². The van der Waals surface area contributed by atoms with Gasteiger partial charge in [0.25, 0.3) is 5.91 Å². The number of fused-ring (bicyclic) bond motifs is 1. The molecule has 1 aliphatic carbocycles. The predicted octanol–water partition coefficient (Wildman–Crippen LogP) is 3.02. The third kappa shape index (κ3) is 3.40. The smallest absolute Gasteiger partial charge is 0.325 e. The molecule has 1 N–H and O–H groups in total. The van der Waals surface area contributed by atoms with Crippen molar-refractivity contribution < 1.29 is 19.1 Å². The Balaban J connectivity index is 2.11. The normalized spacial score (nSPS) is 21.8. The van der Waals surface area contributed by atoms with Crippen molar-refractivity contribution in [2.45, 2.75) is 69.9 Å². The molecule has 0 radical (unpaired) electrons. The minimum Gasteiger partial charge on any atom is -0.468 e. The minimum absolute atomic E-state index is 0.0175. The van der Waals surface area contributed by atoms with E-state index in [-0.39, 0.29) is 24.4 Å². The molecule has 2 amide bonds. The topological polar surface area (TPSA) is 75.7 Å². The number of carbonyl (C=O) groups excluding carboxylic acids is 3. The first-order valence-electron chi connectivity index (χ1n) is 10.2. The van der Waals surface area contributed by atoms with Gasteiger partial charge >= 0.3 is 5.97 Å². The first-order valence-corrected chi connectivity index (χ1v) is 10.2. The van der Waals surface area contributed by atoms with Gasteiger partial charge in [-0.05, 0) is 37.8 Å². The van der Waals surface area contributed by atoms with Crippen LogP contribution in [-0.4, -0.2) is 47.9 Å². The first kappa shape index (κ1) is 20.4. The number of benzene rings is 1. The number of nitrogens with zero attached hydrogens (tertiary/aromatic N) is 1. The number of hydrogen-bond donors (Lipinski definition) is 1. The Morgan fingerprint density at radius 3 is 2.57 bits per heavy atom. The van der Waals surface area contributed by atoms with Crippen molar-refractivity contribution in [2.24, 2.45) is 0 Å². The summed E-state index contributed by atoms with van der Waals surface area (Å²) >= 11 is 0. The minimum atomic E-state index is -0.542. The fraction of sp³-hybridized carbons (Fsp3) is 0.591. The summed E-state index contributed by atoms with van der Waals surface area (Å²) in [7, 11) is 1.30. The number of rotatable bonds is 5. The Kier molecular flexibility index (Phi) is 6.06. The van der Waals surface area contributed by atoms with E-state index in [4.69, 9.17) is 0 Å². The number of amides is 2. The van der Waals surface area contributed by atoms with Crippen LogP contribution >= 0.6 is 0 Å². The average molecular weight is 386 g/mol. The highest BCUT2D eigenvalue weighted by atomic mass is 16.5. The molecule has 0 unspecified atom stereocenters. The lowest BCUT2D eigenvalue weighted by molar-refractivity contribution is -0.142. The van der Waals surface area contributed by atoms with Gasteiger partial charge in [0.15, 0.2) is 0 Å². The highest BCUT2D eigenvalue weighted by molar-refractivity contribution is 6.02. The van der Waals surface area contributed by atoms with Crippen LogP contribution in [-0.2, 0) is 14.3 Å². The van der Waals surface area contributed by atoms with E-state index in [1.807, 2.05) is 29.2 Å². The average Bonchev–Trinajstić information content (AvgIpc) is 2.72. The van der Waals surface area contributed by atoms with Crippen LogP contribution < -0.4 is 5.32 Å². The molecule has 0 bridgehead atoms. The largest absolute Gasteiger partial charge is 0.468 e. The second-order valence-electron chi connectivity index (χ2n) is 7.91. The highest BCUT2D eigenvalue weighted by Crippen LogP contribution is 2.50. The highest BCUT2D eigenvalue weighted by Gasteiger charge is 2.55. The lowest BCUT2D eigenvalue weighted by Crippen LogP contribution is -2.65. The molecule has 152 valence electrons. The second-order valence-corrected chi connectivity index (χ2v) is 7.91. The molecule has 1 heterocycles. The lowest BCUT2D eigenvalue weighted by atomic mass is 9.64. The maximum absolute atomic E-state index is 13.5. The van der Waals surface area contributed by atoms with Gasteiger partial charge in [-0.2, -0.15) is 0 Å². The van der Waals surface area contributed by atoms with Crippen molar-refractivity contribution >= 4 is 17.8 Å². The van der Waals surface area contributed by atoms with Crippen molar-refractivity contribution in [2.75, 3.05) is 13.7 Å². The van der Waals surface area contributed by atoms with Gasteiger partial charge in [0.1, 0.15) is 6.54 Å². The maximum Gasteiger partial charge on any atom is 0.325 e. The molecular weight excluding hydrogens is 356 g/mol. The summed E-state index contributed by atoms with van der Waals surface area (Å²) in [5, 5.41) is 2.76. The fourth-order valence-corrected chi connectivity index (χ4v) is 4.94. The SMILES string of the molecule is CC[C@H](C)N1C(=O)c2ccccc2[C@@H](C(=O)NCC(=O)OC)C12CCCCC2. The lowest BCUT2D eigenvalue weighted by Gasteiger charge is -2.55. The standard InChI is InChI=1S/C22H30N2O4/c1-4-15(2)24-21(27)17-11-7-6-10-16(17)19(20(26)23-14-18(25)28-3)22(24)12-8-5-9-13-22/h6-7,10-11,15,19H,4-5,8-9,12-14H2,1-3H3,(H,23,26)/t15-,19-/m0/s1. The number of nitrogens with one attached hydrogen (secondary N) is 1. The molecule has 0 saturated heterocycles. The molecule has 0 aromatic heterocycles. The van der Waals surface area contributed by atoms with E-state index >= 15 is 0 Å². The quantitative estimate of drug-likeness (QED) is 0.790. The van der Waals surface area contributed by atoms with Crippen molar-refractivity contribution in [1.82, 2.24) is 10.2 Å². The Morgan fingerprint density at radius 1 is 1.25 bits per heavy atom. The Hall–Kier alpha value is -2.37. The first-order chi connectivity index (χ1) is 13.5. The molecule has 1 fully saturated rings. The molecule has 3 rings (SSSR count). The fourth-order valence-electron chi connectivity index (χ4n) is 4.94. The van der Waals surface area contributed by atoms with Gasteiger partial charge in [-0.1, -0.05) is 44.4 Å². The summed E-state index contributed by atoms with van der Waals surface area (Å²) in [4.78, 5) is 40.4. The van der Waals surface area contributed by atoms with Crippen LogP contribution in [0.25, 0.3) is 0 Å². The molecule has 6 nitrogen and oxygen atoms in total. The molecule has 1 saturated carbocycles. The van der Waals surface area contributed by atoms with Crippen molar-refractivity contribution in [3.63, 3.8) is 0 Å². The summed E-state index contributed by atoms with van der Waals surface area (Å²) in [6.07, 6.45) is 5.52.